The molecule has 0 aliphatic heterocycles. The lowest BCUT2D eigenvalue weighted by molar-refractivity contribution is -0.132. The summed E-state index contributed by atoms with van der Waals surface area (Å²) >= 11 is 0. The Hall–Kier alpha value is -1.14. The Morgan fingerprint density at radius 2 is 0.395 bits per heavy atom. The molecule has 454 valence electrons. The van der Waals surface area contributed by atoms with Crippen molar-refractivity contribution >= 4 is 11.8 Å². The van der Waals surface area contributed by atoms with Crippen LogP contribution in [0.25, 0.3) is 0 Å². The fourth-order valence-corrected chi connectivity index (χ4v) is 11.7. The van der Waals surface area contributed by atoms with Crippen molar-refractivity contribution in [2.75, 3.05) is 52.4 Å². The number of nitrogens with zero attached hydrogens (tertiary/aromatic N) is 3. The van der Waals surface area contributed by atoms with Gasteiger partial charge in [-0.3, -0.25) is 9.59 Å². The smallest absolute Gasteiger partial charge is 0.222 e. The first-order chi connectivity index (χ1) is 37.5. The number of hydrogen-bond acceptors (Lipinski definition) is 4. The number of carbonyl (C=O) groups excluding carboxylic acids is 2. The van der Waals surface area contributed by atoms with E-state index in [1.54, 1.807) is 0 Å². The van der Waals surface area contributed by atoms with E-state index in [4.69, 9.17) is 0 Å². The number of aliphatic hydroxyl groups excluding tert-OH is 1. The molecule has 0 rings (SSSR count). The zero-order valence-corrected chi connectivity index (χ0v) is 52.9. The van der Waals surface area contributed by atoms with Crippen molar-refractivity contribution in [3.63, 3.8) is 0 Å². The maximum Gasteiger partial charge on any atom is 0.222 e. The lowest BCUT2D eigenvalue weighted by Crippen LogP contribution is -2.32. The molecular weight excluding hydrogens is 931 g/mol. The van der Waals surface area contributed by atoms with Crippen LogP contribution >= 0.6 is 0 Å². The minimum absolute atomic E-state index is 0.253. The van der Waals surface area contributed by atoms with Crippen molar-refractivity contribution in [1.82, 2.24) is 14.7 Å². The Balaban J connectivity index is 4.34. The van der Waals surface area contributed by atoms with Crippen LogP contribution in [0.4, 0.5) is 0 Å². The van der Waals surface area contributed by atoms with Crippen LogP contribution in [0.2, 0.25) is 0 Å². The third kappa shape index (κ3) is 56.1. The standard InChI is InChI=1S/C70H141N3O3/c1-5-9-13-17-21-25-29-39-47-55-63-72(64-56-48-40-30-26-22-18-14-10-6-2)69(75)59-51-43-35-33-37-45-53-61-71(67-68-74)62-54-46-38-34-36-44-52-60-70(76)73(65-57-49-41-31-27-23-19-15-11-7-3)66-58-50-42-32-28-24-20-16-12-8-4/h74H,5-68H2,1-4H3. The summed E-state index contributed by atoms with van der Waals surface area (Å²) < 4.78 is 0. The van der Waals surface area contributed by atoms with Gasteiger partial charge in [0.05, 0.1) is 6.61 Å². The normalized spacial score (nSPS) is 11.7. The van der Waals surface area contributed by atoms with Crippen LogP contribution in [0.5, 0.6) is 0 Å². The summed E-state index contributed by atoms with van der Waals surface area (Å²) in [5.41, 5.74) is 0. The molecule has 0 aromatic rings. The largest absolute Gasteiger partial charge is 0.395 e. The molecule has 1 N–H and O–H groups in total. The fraction of sp³-hybridized carbons (Fsp3) is 0.971. The Bertz CT molecular complexity index is 988. The lowest BCUT2D eigenvalue weighted by Gasteiger charge is -2.23. The maximum atomic E-state index is 13.5. The first-order valence-electron chi connectivity index (χ1n) is 35.4. The molecule has 0 saturated heterocycles. The first-order valence-corrected chi connectivity index (χ1v) is 35.4. The van der Waals surface area contributed by atoms with E-state index in [1.807, 2.05) is 0 Å². The molecule has 0 aromatic heterocycles. The molecule has 0 spiro atoms. The van der Waals surface area contributed by atoms with Crippen molar-refractivity contribution in [2.45, 2.75) is 387 Å². The Morgan fingerprint density at radius 1 is 0.224 bits per heavy atom. The predicted molar refractivity (Wildman–Crippen MR) is 338 cm³/mol. The fourth-order valence-electron chi connectivity index (χ4n) is 11.7. The molecule has 0 heterocycles. The summed E-state index contributed by atoms with van der Waals surface area (Å²) in [7, 11) is 0. The van der Waals surface area contributed by atoms with Crippen LogP contribution in [-0.2, 0) is 9.59 Å². The van der Waals surface area contributed by atoms with Gasteiger partial charge in [0.25, 0.3) is 0 Å². The Morgan fingerprint density at radius 3 is 0.592 bits per heavy atom. The van der Waals surface area contributed by atoms with Crippen molar-refractivity contribution in [3.05, 3.63) is 0 Å². The second-order valence-electron chi connectivity index (χ2n) is 24.5. The van der Waals surface area contributed by atoms with E-state index in [2.05, 4.69) is 42.4 Å². The number of aliphatic hydroxyl groups is 1. The second-order valence-corrected chi connectivity index (χ2v) is 24.5. The molecule has 0 unspecified atom stereocenters. The molecule has 0 fully saturated rings. The summed E-state index contributed by atoms with van der Waals surface area (Å²) in [6.07, 6.45) is 72.5. The monoisotopic (exact) mass is 1070 g/mol. The van der Waals surface area contributed by atoms with Gasteiger partial charge < -0.3 is 19.8 Å². The van der Waals surface area contributed by atoms with Gasteiger partial charge in [-0.2, -0.15) is 0 Å². The highest BCUT2D eigenvalue weighted by Crippen LogP contribution is 2.18. The lowest BCUT2D eigenvalue weighted by atomic mass is 10.1. The van der Waals surface area contributed by atoms with Crippen LogP contribution in [0.3, 0.4) is 0 Å². The van der Waals surface area contributed by atoms with Crippen LogP contribution in [0.15, 0.2) is 0 Å². The summed E-state index contributed by atoms with van der Waals surface area (Å²) in [5, 5.41) is 9.78. The van der Waals surface area contributed by atoms with Gasteiger partial charge in [0, 0.05) is 45.6 Å². The van der Waals surface area contributed by atoms with Gasteiger partial charge in [0.15, 0.2) is 0 Å². The average molecular weight is 1070 g/mol. The molecule has 6 nitrogen and oxygen atoms in total. The summed E-state index contributed by atoms with van der Waals surface area (Å²) in [4.78, 5) is 33.9. The quantitative estimate of drug-likeness (QED) is 0.0617. The van der Waals surface area contributed by atoms with Gasteiger partial charge in [0.1, 0.15) is 0 Å². The zero-order chi connectivity index (χ0) is 55.1. The highest BCUT2D eigenvalue weighted by atomic mass is 16.3. The minimum Gasteiger partial charge on any atom is -0.395 e. The molecule has 76 heavy (non-hydrogen) atoms. The van der Waals surface area contributed by atoms with Crippen molar-refractivity contribution in [3.8, 4) is 0 Å². The van der Waals surface area contributed by atoms with Crippen LogP contribution in [-0.4, -0.2) is 84.0 Å². The number of amides is 2. The van der Waals surface area contributed by atoms with Crippen LogP contribution < -0.4 is 0 Å². The maximum absolute atomic E-state index is 13.5. The molecule has 6 heteroatoms. The molecule has 0 aromatic carbocycles. The Kier molecular flexibility index (Phi) is 63.7. The SMILES string of the molecule is CCCCCCCCCCCCN(CCCCCCCCCCCC)C(=O)CCCCCCCCCN(CCO)CCCCCCCCCC(=O)N(CCCCCCCCCCCC)CCCCCCCCCCCC. The molecule has 0 radical (unpaired) electrons. The van der Waals surface area contributed by atoms with E-state index < -0.39 is 0 Å². The second kappa shape index (κ2) is 64.7. The number of rotatable bonds is 66. The van der Waals surface area contributed by atoms with Crippen molar-refractivity contribution < 1.29 is 14.7 Å². The number of unbranched alkanes of at least 4 members (excludes halogenated alkanes) is 48. The number of carbonyl (C=O) groups is 2. The third-order valence-electron chi connectivity index (χ3n) is 17.0. The summed E-state index contributed by atoms with van der Waals surface area (Å²) in [5.74, 6) is 0.843. The average Bonchev–Trinajstić information content (AvgIpc) is 3.42. The van der Waals surface area contributed by atoms with E-state index in [0.717, 1.165) is 71.5 Å². The zero-order valence-electron chi connectivity index (χ0n) is 52.9. The van der Waals surface area contributed by atoms with Crippen LogP contribution in [0, 0.1) is 0 Å². The summed E-state index contributed by atoms with van der Waals surface area (Å²) in [6.45, 7) is 16.3. The number of hydrogen-bond donors (Lipinski definition) is 1. The van der Waals surface area contributed by atoms with E-state index in [1.165, 1.54) is 334 Å². The topological polar surface area (TPSA) is 64.1 Å². The van der Waals surface area contributed by atoms with Gasteiger partial charge in [-0.1, -0.05) is 323 Å². The third-order valence-corrected chi connectivity index (χ3v) is 17.0. The molecule has 0 aliphatic carbocycles. The van der Waals surface area contributed by atoms with Gasteiger partial charge in [-0.15, -0.1) is 0 Å². The van der Waals surface area contributed by atoms with E-state index >= 15 is 0 Å². The summed E-state index contributed by atoms with van der Waals surface area (Å²) in [6, 6.07) is 0. The van der Waals surface area contributed by atoms with E-state index in [0.29, 0.717) is 11.8 Å². The molecular formula is C70H141N3O3. The molecule has 0 aliphatic rings. The van der Waals surface area contributed by atoms with Crippen LogP contribution in [0.1, 0.15) is 387 Å². The molecule has 0 atom stereocenters. The van der Waals surface area contributed by atoms with Gasteiger partial charge >= 0.3 is 0 Å². The minimum atomic E-state index is 0.253. The Labute approximate surface area is 478 Å². The van der Waals surface area contributed by atoms with Crippen molar-refractivity contribution in [2.24, 2.45) is 0 Å². The molecule has 0 bridgehead atoms. The molecule has 2 amide bonds. The van der Waals surface area contributed by atoms with E-state index in [-0.39, 0.29) is 6.61 Å². The predicted octanol–water partition coefficient (Wildman–Crippen LogP) is 21.9. The van der Waals surface area contributed by atoms with Gasteiger partial charge in [-0.05, 0) is 64.5 Å². The van der Waals surface area contributed by atoms with Gasteiger partial charge in [0.2, 0.25) is 11.8 Å². The first kappa shape index (κ1) is 74.9. The highest BCUT2D eigenvalue weighted by Gasteiger charge is 2.15. The van der Waals surface area contributed by atoms with Crippen molar-refractivity contribution in [1.29, 1.82) is 0 Å². The van der Waals surface area contributed by atoms with E-state index in [9.17, 15) is 14.7 Å². The molecule has 0 saturated carbocycles. The van der Waals surface area contributed by atoms with Gasteiger partial charge in [-0.25, -0.2) is 0 Å². The highest BCUT2D eigenvalue weighted by molar-refractivity contribution is 5.76.